The summed E-state index contributed by atoms with van der Waals surface area (Å²) in [5.74, 6) is 0. The van der Waals surface area contributed by atoms with Crippen molar-refractivity contribution in [1.82, 2.24) is 9.97 Å². The number of hydrogen-bond acceptors (Lipinski definition) is 2. The molecule has 0 amide bonds. The topological polar surface area (TPSA) is 25.8 Å². The number of pyridine rings is 2. The van der Waals surface area contributed by atoms with E-state index in [1.54, 1.807) is 0 Å². The molecule has 0 aliphatic carbocycles. The van der Waals surface area contributed by atoms with Gasteiger partial charge in [-0.05, 0) is 106 Å². The van der Waals surface area contributed by atoms with E-state index >= 15 is 0 Å². The molecule has 0 aliphatic heterocycles. The lowest BCUT2D eigenvalue weighted by Crippen LogP contribution is -1.98. The van der Waals surface area contributed by atoms with Crippen LogP contribution in [0.25, 0.3) is 88.1 Å². The summed E-state index contributed by atoms with van der Waals surface area (Å²) < 4.78 is 0. The average molecular weight is 641 g/mol. The first-order valence-electron chi connectivity index (χ1n) is 17.3. The molecule has 2 heterocycles. The molecule has 2 aromatic heterocycles. The van der Waals surface area contributed by atoms with E-state index in [1.807, 2.05) is 0 Å². The lowest BCUT2D eigenvalue weighted by Gasteiger charge is -2.18. The number of fused-ring (bicyclic) bond motifs is 5. The highest BCUT2D eigenvalue weighted by atomic mass is 14.8. The van der Waals surface area contributed by atoms with Gasteiger partial charge in [-0.1, -0.05) is 133 Å². The Kier molecular flexibility index (Phi) is 7.07. The zero-order chi connectivity index (χ0) is 33.9. The van der Waals surface area contributed by atoms with Gasteiger partial charge >= 0.3 is 0 Å². The molecule has 0 saturated heterocycles. The monoisotopic (exact) mass is 640 g/mol. The van der Waals surface area contributed by atoms with Crippen molar-refractivity contribution in [3.63, 3.8) is 0 Å². The summed E-state index contributed by atoms with van der Waals surface area (Å²) in [7, 11) is 0. The van der Waals surface area contributed by atoms with Crippen LogP contribution in [0, 0.1) is 27.7 Å². The largest absolute Gasteiger partial charge is 0.245 e. The highest BCUT2D eigenvalue weighted by Gasteiger charge is 2.20. The van der Waals surface area contributed by atoms with Crippen LogP contribution < -0.4 is 0 Å². The lowest BCUT2D eigenvalue weighted by molar-refractivity contribution is 1.34. The van der Waals surface area contributed by atoms with Crippen molar-refractivity contribution >= 4 is 43.4 Å². The summed E-state index contributed by atoms with van der Waals surface area (Å²) in [6.07, 6.45) is 0. The fourth-order valence-electron chi connectivity index (χ4n) is 7.94. The molecular formula is C48H36N2. The molecule has 0 bridgehead atoms. The van der Waals surface area contributed by atoms with Gasteiger partial charge in [-0.15, -0.1) is 0 Å². The molecule has 0 radical (unpaired) electrons. The number of aromatic nitrogens is 2. The predicted molar refractivity (Wildman–Crippen MR) is 213 cm³/mol. The van der Waals surface area contributed by atoms with E-state index in [0.717, 1.165) is 55.4 Å². The number of nitrogens with zero attached hydrogens (tertiary/aromatic N) is 2. The Morgan fingerprint density at radius 2 is 0.780 bits per heavy atom. The van der Waals surface area contributed by atoms with Gasteiger partial charge in [0.05, 0.1) is 22.4 Å². The third kappa shape index (κ3) is 4.79. The Labute approximate surface area is 292 Å². The van der Waals surface area contributed by atoms with Crippen molar-refractivity contribution in [2.24, 2.45) is 0 Å². The summed E-state index contributed by atoms with van der Waals surface area (Å²) in [5.41, 5.74) is 15.7. The summed E-state index contributed by atoms with van der Waals surface area (Å²) in [6.45, 7) is 8.81. The zero-order valence-electron chi connectivity index (χ0n) is 28.8. The van der Waals surface area contributed by atoms with Crippen LogP contribution in [-0.4, -0.2) is 9.97 Å². The molecule has 0 saturated carbocycles. The van der Waals surface area contributed by atoms with Crippen molar-refractivity contribution < 1.29 is 0 Å². The first kappa shape index (κ1) is 30.0. The minimum Gasteiger partial charge on any atom is -0.245 e. The fourth-order valence-corrected chi connectivity index (χ4v) is 7.94. The van der Waals surface area contributed by atoms with Crippen molar-refractivity contribution in [3.05, 3.63) is 168 Å². The van der Waals surface area contributed by atoms with E-state index in [-0.39, 0.29) is 0 Å². The Hall–Kier alpha value is -6.12. The van der Waals surface area contributed by atoms with Gasteiger partial charge in [0.1, 0.15) is 0 Å². The van der Waals surface area contributed by atoms with E-state index in [9.17, 15) is 0 Å². The number of hydrogen-bond donors (Lipinski definition) is 0. The summed E-state index contributed by atoms with van der Waals surface area (Å²) >= 11 is 0. The smallest absolute Gasteiger partial charge is 0.0978 e. The quantitative estimate of drug-likeness (QED) is 0.179. The number of aryl methyl sites for hydroxylation is 4. The molecule has 9 aromatic rings. The van der Waals surface area contributed by atoms with Crippen molar-refractivity contribution in [1.29, 1.82) is 0 Å². The number of rotatable bonds is 4. The van der Waals surface area contributed by atoms with Gasteiger partial charge in [0.2, 0.25) is 0 Å². The molecule has 9 rings (SSSR count). The second-order valence-corrected chi connectivity index (χ2v) is 13.6. The van der Waals surface area contributed by atoms with E-state index in [0.29, 0.717) is 0 Å². The van der Waals surface area contributed by atoms with Gasteiger partial charge in [0, 0.05) is 21.9 Å². The molecule has 2 heteroatoms. The fraction of sp³-hybridized carbons (Fsp3) is 0.0833. The maximum atomic E-state index is 5.62. The first-order valence-corrected chi connectivity index (χ1v) is 17.3. The van der Waals surface area contributed by atoms with E-state index in [2.05, 4.69) is 173 Å². The highest BCUT2D eigenvalue weighted by Crippen LogP contribution is 2.43. The molecule has 0 atom stereocenters. The minimum atomic E-state index is 0.914. The van der Waals surface area contributed by atoms with Crippen LogP contribution in [-0.2, 0) is 0 Å². The molecule has 0 unspecified atom stereocenters. The van der Waals surface area contributed by atoms with Gasteiger partial charge in [-0.2, -0.15) is 0 Å². The molecule has 50 heavy (non-hydrogen) atoms. The van der Waals surface area contributed by atoms with E-state index in [1.165, 1.54) is 54.9 Å². The Balaban J connectivity index is 1.47. The van der Waals surface area contributed by atoms with Gasteiger partial charge in [-0.3, -0.25) is 0 Å². The molecule has 0 spiro atoms. The standard InChI is InChI=1S/C48H36N2/c1-29-13-11-19-35-23-21-31(3)45(43(29)35)41-27-39(33-15-7-5-8-16-33)37-25-26-38-40(34-17-9-6-10-18-34)28-42(50-48(38)47(37)49-41)46-32(4)22-24-36-20-12-14-30(2)44(36)46/h5-28H,1-4H3. The maximum Gasteiger partial charge on any atom is 0.0978 e. The average Bonchev–Trinajstić information content (AvgIpc) is 3.15. The zero-order valence-corrected chi connectivity index (χ0v) is 28.8. The van der Waals surface area contributed by atoms with E-state index < -0.39 is 0 Å². The molecule has 0 N–H and O–H groups in total. The Morgan fingerprint density at radius 1 is 0.360 bits per heavy atom. The highest BCUT2D eigenvalue weighted by molar-refractivity contribution is 6.15. The van der Waals surface area contributed by atoms with Crippen molar-refractivity contribution in [2.75, 3.05) is 0 Å². The second-order valence-electron chi connectivity index (χ2n) is 13.6. The second kappa shape index (κ2) is 11.8. The summed E-state index contributed by atoms with van der Waals surface area (Å²) in [5, 5.41) is 7.13. The predicted octanol–water partition coefficient (Wildman–Crippen LogP) is 13.0. The normalized spacial score (nSPS) is 11.6. The van der Waals surface area contributed by atoms with Gasteiger partial charge < -0.3 is 0 Å². The van der Waals surface area contributed by atoms with Crippen molar-refractivity contribution in [2.45, 2.75) is 27.7 Å². The Morgan fingerprint density at radius 3 is 1.20 bits per heavy atom. The first-order chi connectivity index (χ1) is 24.5. The van der Waals surface area contributed by atoms with Crippen LogP contribution in [0.15, 0.2) is 146 Å². The maximum absolute atomic E-state index is 5.62. The number of benzene rings is 7. The molecular weight excluding hydrogens is 605 g/mol. The third-order valence-electron chi connectivity index (χ3n) is 10.4. The van der Waals surface area contributed by atoms with Gasteiger partial charge in [0.15, 0.2) is 0 Å². The van der Waals surface area contributed by atoms with Crippen LogP contribution in [0.2, 0.25) is 0 Å². The lowest BCUT2D eigenvalue weighted by atomic mass is 9.90. The molecule has 2 nitrogen and oxygen atoms in total. The van der Waals surface area contributed by atoms with Crippen LogP contribution in [0.3, 0.4) is 0 Å². The van der Waals surface area contributed by atoms with Crippen LogP contribution in [0.1, 0.15) is 22.3 Å². The molecule has 0 aliphatic rings. The molecule has 238 valence electrons. The van der Waals surface area contributed by atoms with Crippen LogP contribution in [0.4, 0.5) is 0 Å². The van der Waals surface area contributed by atoms with Gasteiger partial charge in [-0.25, -0.2) is 9.97 Å². The van der Waals surface area contributed by atoms with Gasteiger partial charge in [0.25, 0.3) is 0 Å². The molecule has 7 aromatic carbocycles. The van der Waals surface area contributed by atoms with Crippen LogP contribution in [0.5, 0.6) is 0 Å². The minimum absolute atomic E-state index is 0.914. The Bertz CT molecular complexity index is 2590. The third-order valence-corrected chi connectivity index (χ3v) is 10.4. The van der Waals surface area contributed by atoms with Crippen LogP contribution >= 0.6 is 0 Å². The van der Waals surface area contributed by atoms with E-state index in [4.69, 9.17) is 9.97 Å². The molecule has 0 fully saturated rings. The SMILES string of the molecule is Cc1ccc2cccc(C)c2c1-c1cc(-c2ccccc2)c2ccc3c(-c4ccccc4)cc(-c4c(C)ccc5cccc(C)c45)nc3c2n1. The van der Waals surface area contributed by atoms with Crippen molar-refractivity contribution in [3.8, 4) is 44.8 Å². The summed E-state index contributed by atoms with van der Waals surface area (Å²) in [4.78, 5) is 11.2. The summed E-state index contributed by atoms with van der Waals surface area (Å²) in [6, 6.07) is 52.5.